The molecule has 4 atom stereocenters. The van der Waals surface area contributed by atoms with E-state index < -0.39 is 0 Å². The molecule has 0 amide bonds. The molecule has 0 aromatic carbocycles. The minimum absolute atomic E-state index is 0.431. The average Bonchev–Trinajstić information content (AvgIpc) is 2.33. The van der Waals surface area contributed by atoms with E-state index in [1.165, 1.54) is 19.3 Å². The highest BCUT2D eigenvalue weighted by Crippen LogP contribution is 2.47. The summed E-state index contributed by atoms with van der Waals surface area (Å²) in [7, 11) is 0. The molecule has 0 heterocycles. The lowest BCUT2D eigenvalue weighted by Gasteiger charge is -2.45. The van der Waals surface area contributed by atoms with Crippen molar-refractivity contribution < 1.29 is 0 Å². The highest BCUT2D eigenvalue weighted by Gasteiger charge is 2.38. The van der Waals surface area contributed by atoms with Crippen LogP contribution < -0.4 is 0 Å². The summed E-state index contributed by atoms with van der Waals surface area (Å²) in [4.78, 5) is 0. The Morgan fingerprint density at radius 2 is 0.895 bits per heavy atom. The SMILES string of the molecule is CCC(C)C(C)C(C)(C)CC(C)(C)C(C)C(C)CC. The van der Waals surface area contributed by atoms with Crippen molar-refractivity contribution >= 4 is 0 Å². The van der Waals surface area contributed by atoms with Crippen LogP contribution in [0.2, 0.25) is 0 Å². The van der Waals surface area contributed by atoms with Gasteiger partial charge in [0.05, 0.1) is 0 Å². The molecule has 0 heteroatoms. The molecule has 0 aliphatic rings. The van der Waals surface area contributed by atoms with Gasteiger partial charge in [-0.3, -0.25) is 0 Å². The summed E-state index contributed by atoms with van der Waals surface area (Å²) in [6, 6.07) is 0. The van der Waals surface area contributed by atoms with Crippen molar-refractivity contribution in [2.24, 2.45) is 34.5 Å². The molecule has 0 N–H and O–H groups in total. The van der Waals surface area contributed by atoms with Crippen LogP contribution in [0.15, 0.2) is 0 Å². The van der Waals surface area contributed by atoms with Gasteiger partial charge in [0.2, 0.25) is 0 Å². The Bertz CT molecular complexity index is 223. The van der Waals surface area contributed by atoms with Crippen LogP contribution in [0.4, 0.5) is 0 Å². The molecule has 0 fully saturated rings. The quantitative estimate of drug-likeness (QED) is 0.454. The summed E-state index contributed by atoms with van der Waals surface area (Å²) in [6.45, 7) is 24.3. The van der Waals surface area contributed by atoms with Gasteiger partial charge in [-0.2, -0.15) is 0 Å². The lowest BCUT2D eigenvalue weighted by Crippen LogP contribution is -2.36. The molecular formula is C19H40. The fourth-order valence-electron chi connectivity index (χ4n) is 3.74. The third-order valence-corrected chi connectivity index (χ3v) is 6.37. The van der Waals surface area contributed by atoms with E-state index in [0.717, 1.165) is 23.7 Å². The van der Waals surface area contributed by atoms with Gasteiger partial charge in [-0.25, -0.2) is 0 Å². The Hall–Kier alpha value is 0. The van der Waals surface area contributed by atoms with Crippen molar-refractivity contribution in [3.05, 3.63) is 0 Å². The molecule has 0 aromatic heterocycles. The molecule has 0 aromatic rings. The van der Waals surface area contributed by atoms with Crippen LogP contribution in [0.25, 0.3) is 0 Å². The minimum atomic E-state index is 0.431. The van der Waals surface area contributed by atoms with Gasteiger partial charge in [0, 0.05) is 0 Å². The smallest absolute Gasteiger partial charge is 0.0321 e. The second kappa shape index (κ2) is 7.14. The van der Waals surface area contributed by atoms with Gasteiger partial charge in [-0.1, -0.05) is 82.1 Å². The molecular weight excluding hydrogens is 228 g/mol. The van der Waals surface area contributed by atoms with E-state index in [1.54, 1.807) is 0 Å². The summed E-state index contributed by atoms with van der Waals surface area (Å²) in [5.74, 6) is 3.23. The van der Waals surface area contributed by atoms with Gasteiger partial charge < -0.3 is 0 Å². The van der Waals surface area contributed by atoms with E-state index in [2.05, 4.69) is 69.2 Å². The summed E-state index contributed by atoms with van der Waals surface area (Å²) in [5.41, 5.74) is 0.862. The number of rotatable bonds is 8. The van der Waals surface area contributed by atoms with Crippen LogP contribution in [-0.2, 0) is 0 Å². The third kappa shape index (κ3) is 5.12. The largest absolute Gasteiger partial charge is 0.0651 e. The Labute approximate surface area is 123 Å². The summed E-state index contributed by atoms with van der Waals surface area (Å²) in [5, 5.41) is 0. The molecule has 0 aliphatic heterocycles. The van der Waals surface area contributed by atoms with Crippen LogP contribution >= 0.6 is 0 Å². The average molecular weight is 269 g/mol. The van der Waals surface area contributed by atoms with Crippen LogP contribution in [0, 0.1) is 34.5 Å². The zero-order valence-electron chi connectivity index (χ0n) is 15.4. The first-order valence-corrected chi connectivity index (χ1v) is 8.49. The van der Waals surface area contributed by atoms with Gasteiger partial charge in [-0.15, -0.1) is 0 Å². The van der Waals surface area contributed by atoms with Crippen molar-refractivity contribution in [3.63, 3.8) is 0 Å². The van der Waals surface area contributed by atoms with Crippen molar-refractivity contribution in [2.45, 2.75) is 88.5 Å². The second-order valence-corrected chi connectivity index (χ2v) is 8.50. The van der Waals surface area contributed by atoms with Gasteiger partial charge in [0.15, 0.2) is 0 Å². The molecule has 0 nitrogen and oxygen atoms in total. The summed E-state index contributed by atoms with van der Waals surface area (Å²) < 4.78 is 0. The third-order valence-electron chi connectivity index (χ3n) is 6.37. The Balaban J connectivity index is 4.89. The first kappa shape index (κ1) is 19.0. The fourth-order valence-corrected chi connectivity index (χ4v) is 3.74. The molecule has 0 rings (SSSR count). The van der Waals surface area contributed by atoms with Gasteiger partial charge >= 0.3 is 0 Å². The van der Waals surface area contributed by atoms with E-state index in [4.69, 9.17) is 0 Å². The Morgan fingerprint density at radius 3 is 1.11 bits per heavy atom. The highest BCUT2D eigenvalue weighted by atomic mass is 14.4. The molecule has 0 saturated heterocycles. The maximum absolute atomic E-state index is 2.48. The predicted octanol–water partition coefficient (Wildman–Crippen LogP) is 6.79. The van der Waals surface area contributed by atoms with Crippen molar-refractivity contribution in [1.29, 1.82) is 0 Å². The molecule has 116 valence electrons. The number of hydrogen-bond donors (Lipinski definition) is 0. The molecule has 0 saturated carbocycles. The van der Waals surface area contributed by atoms with E-state index in [0.29, 0.717) is 10.8 Å². The summed E-state index contributed by atoms with van der Waals surface area (Å²) >= 11 is 0. The van der Waals surface area contributed by atoms with E-state index >= 15 is 0 Å². The predicted molar refractivity (Wildman–Crippen MR) is 89.4 cm³/mol. The molecule has 19 heavy (non-hydrogen) atoms. The molecule has 0 radical (unpaired) electrons. The van der Waals surface area contributed by atoms with E-state index in [9.17, 15) is 0 Å². The molecule has 0 aliphatic carbocycles. The van der Waals surface area contributed by atoms with Crippen molar-refractivity contribution in [2.75, 3.05) is 0 Å². The van der Waals surface area contributed by atoms with Crippen LogP contribution in [0.1, 0.15) is 88.5 Å². The van der Waals surface area contributed by atoms with Gasteiger partial charge in [0.25, 0.3) is 0 Å². The maximum atomic E-state index is 2.48. The maximum Gasteiger partial charge on any atom is -0.0321 e. The molecule has 0 bridgehead atoms. The Kier molecular flexibility index (Phi) is 7.14. The molecule has 4 unspecified atom stereocenters. The second-order valence-electron chi connectivity index (χ2n) is 8.50. The zero-order valence-corrected chi connectivity index (χ0v) is 15.4. The van der Waals surface area contributed by atoms with E-state index in [1.807, 2.05) is 0 Å². The normalized spacial score (nSPS) is 19.9. The van der Waals surface area contributed by atoms with Crippen LogP contribution in [0.3, 0.4) is 0 Å². The van der Waals surface area contributed by atoms with E-state index in [-0.39, 0.29) is 0 Å². The first-order valence-electron chi connectivity index (χ1n) is 8.49. The lowest BCUT2D eigenvalue weighted by atomic mass is 9.60. The standard InChI is InChI=1S/C19H40/c1-11-14(3)16(5)18(7,8)13-19(9,10)17(6)15(4)12-2/h14-17H,11-13H2,1-10H3. The van der Waals surface area contributed by atoms with Gasteiger partial charge in [0.1, 0.15) is 0 Å². The fraction of sp³-hybridized carbons (Fsp3) is 1.00. The van der Waals surface area contributed by atoms with Crippen molar-refractivity contribution in [3.8, 4) is 0 Å². The highest BCUT2D eigenvalue weighted by molar-refractivity contribution is 4.88. The lowest BCUT2D eigenvalue weighted by molar-refractivity contribution is 0.0460. The first-order chi connectivity index (χ1) is 8.49. The summed E-state index contributed by atoms with van der Waals surface area (Å²) in [6.07, 6.45) is 3.93. The van der Waals surface area contributed by atoms with Crippen molar-refractivity contribution in [1.82, 2.24) is 0 Å². The monoisotopic (exact) mass is 268 g/mol. The van der Waals surface area contributed by atoms with Gasteiger partial charge in [-0.05, 0) is 40.9 Å². The number of hydrogen-bond acceptors (Lipinski definition) is 0. The molecule has 0 spiro atoms. The van der Waals surface area contributed by atoms with Crippen LogP contribution in [0.5, 0.6) is 0 Å². The minimum Gasteiger partial charge on any atom is -0.0651 e. The van der Waals surface area contributed by atoms with Crippen LogP contribution in [-0.4, -0.2) is 0 Å². The Morgan fingerprint density at radius 1 is 0.632 bits per heavy atom. The zero-order chi connectivity index (χ0) is 15.4. The topological polar surface area (TPSA) is 0 Å².